The smallest absolute Gasteiger partial charge is 0.263 e. The van der Waals surface area contributed by atoms with Crippen molar-refractivity contribution >= 4 is 11.7 Å². The van der Waals surface area contributed by atoms with Gasteiger partial charge in [0.2, 0.25) is 0 Å². The van der Waals surface area contributed by atoms with Crippen LogP contribution in [-0.2, 0) is 11.8 Å². The van der Waals surface area contributed by atoms with Gasteiger partial charge in [-0.2, -0.15) is 10.2 Å². The lowest BCUT2D eigenvalue weighted by Crippen LogP contribution is -2.21. The number of hydrogen-bond donors (Lipinski definition) is 2. The second-order valence-electron chi connectivity index (χ2n) is 5.77. The molecule has 3 aromatic heterocycles. The second-order valence-corrected chi connectivity index (χ2v) is 5.77. The first kappa shape index (κ1) is 16.7. The first-order valence-electron chi connectivity index (χ1n) is 7.85. The van der Waals surface area contributed by atoms with Crippen LogP contribution in [0.25, 0.3) is 11.3 Å². The van der Waals surface area contributed by atoms with Gasteiger partial charge in [0.15, 0.2) is 18.2 Å². The Hall–Kier alpha value is -3.16. The van der Waals surface area contributed by atoms with Gasteiger partial charge in [0.05, 0.1) is 11.4 Å². The van der Waals surface area contributed by atoms with Gasteiger partial charge in [-0.25, -0.2) is 0 Å². The zero-order chi connectivity index (χ0) is 18.0. The third kappa shape index (κ3) is 3.37. The molecule has 3 rings (SSSR count). The maximum Gasteiger partial charge on any atom is 0.263 e. The van der Waals surface area contributed by atoms with Gasteiger partial charge in [-0.3, -0.25) is 19.6 Å². The lowest BCUT2D eigenvalue weighted by Gasteiger charge is -2.07. The van der Waals surface area contributed by atoms with Crippen molar-refractivity contribution in [3.63, 3.8) is 0 Å². The molecule has 0 spiro atoms. The molecule has 0 saturated carbocycles. The molecule has 0 aliphatic carbocycles. The van der Waals surface area contributed by atoms with Crippen molar-refractivity contribution in [1.29, 1.82) is 0 Å². The van der Waals surface area contributed by atoms with Crippen molar-refractivity contribution in [1.82, 2.24) is 25.0 Å². The van der Waals surface area contributed by atoms with E-state index < -0.39 is 0 Å². The van der Waals surface area contributed by atoms with Crippen LogP contribution in [0.15, 0.2) is 24.5 Å². The van der Waals surface area contributed by atoms with Gasteiger partial charge < -0.3 is 10.1 Å². The summed E-state index contributed by atoms with van der Waals surface area (Å²) in [5.41, 5.74) is 4.29. The average molecular weight is 340 g/mol. The predicted octanol–water partition coefficient (Wildman–Crippen LogP) is 2.15. The molecule has 0 aliphatic heterocycles. The molecule has 0 saturated heterocycles. The van der Waals surface area contributed by atoms with E-state index in [2.05, 4.69) is 25.6 Å². The minimum atomic E-state index is -0.279. The first-order chi connectivity index (χ1) is 12.0. The van der Waals surface area contributed by atoms with E-state index in [1.54, 1.807) is 17.1 Å². The second kappa shape index (κ2) is 6.76. The number of ether oxygens (including phenoxy) is 1. The largest absolute Gasteiger partial charge is 0.480 e. The van der Waals surface area contributed by atoms with Crippen molar-refractivity contribution in [3.05, 3.63) is 41.5 Å². The van der Waals surface area contributed by atoms with Crippen LogP contribution in [-0.4, -0.2) is 37.5 Å². The molecular formula is C17H20N6O2. The number of hydrogen-bond acceptors (Lipinski definition) is 5. The maximum absolute atomic E-state index is 12.2. The number of nitrogens with zero attached hydrogens (tertiary/aromatic N) is 4. The summed E-state index contributed by atoms with van der Waals surface area (Å²) in [6.07, 6.45) is 3.42. The highest BCUT2D eigenvalue weighted by molar-refractivity contribution is 5.92. The molecule has 0 aromatic carbocycles. The number of nitrogens with one attached hydrogen (secondary N) is 2. The summed E-state index contributed by atoms with van der Waals surface area (Å²) in [6, 6.07) is 3.76. The minimum Gasteiger partial charge on any atom is -0.480 e. The highest BCUT2D eigenvalue weighted by atomic mass is 16.5. The zero-order valence-corrected chi connectivity index (χ0v) is 14.6. The molecule has 0 atom stereocenters. The topological polar surface area (TPSA) is 97.7 Å². The quantitative estimate of drug-likeness (QED) is 0.741. The van der Waals surface area contributed by atoms with E-state index in [1.807, 2.05) is 40.0 Å². The van der Waals surface area contributed by atoms with E-state index in [1.165, 1.54) is 0 Å². The molecule has 25 heavy (non-hydrogen) atoms. The van der Waals surface area contributed by atoms with E-state index >= 15 is 0 Å². The Balaban J connectivity index is 1.67. The summed E-state index contributed by atoms with van der Waals surface area (Å²) in [6.45, 7) is 5.53. The fourth-order valence-electron chi connectivity index (χ4n) is 2.59. The summed E-state index contributed by atoms with van der Waals surface area (Å²) in [5, 5.41) is 14.1. The third-order valence-electron chi connectivity index (χ3n) is 4.03. The highest BCUT2D eigenvalue weighted by Gasteiger charge is 2.15. The van der Waals surface area contributed by atoms with E-state index in [9.17, 15) is 4.79 Å². The van der Waals surface area contributed by atoms with Crippen molar-refractivity contribution in [2.24, 2.45) is 7.05 Å². The first-order valence-corrected chi connectivity index (χ1v) is 7.85. The lowest BCUT2D eigenvalue weighted by atomic mass is 10.1. The van der Waals surface area contributed by atoms with Crippen LogP contribution < -0.4 is 10.1 Å². The summed E-state index contributed by atoms with van der Waals surface area (Å²) in [4.78, 5) is 16.2. The third-order valence-corrected chi connectivity index (χ3v) is 4.03. The van der Waals surface area contributed by atoms with Crippen molar-refractivity contribution < 1.29 is 9.53 Å². The van der Waals surface area contributed by atoms with E-state index in [0.29, 0.717) is 11.6 Å². The normalized spacial score (nSPS) is 10.7. The molecule has 3 aromatic rings. The van der Waals surface area contributed by atoms with Gasteiger partial charge in [0, 0.05) is 30.6 Å². The summed E-state index contributed by atoms with van der Waals surface area (Å²) in [7, 11) is 1.84. The van der Waals surface area contributed by atoms with E-state index in [4.69, 9.17) is 4.74 Å². The van der Waals surface area contributed by atoms with Crippen LogP contribution in [0.2, 0.25) is 0 Å². The van der Waals surface area contributed by atoms with Gasteiger partial charge in [-0.1, -0.05) is 0 Å². The molecule has 1 amide bonds. The standard InChI is InChI=1S/C17H20N6O2/c1-10-15(13-5-7-18-8-6-13)20-21-17(10)19-14(24)9-25-16-11(2)22-23(4)12(16)3/h5-8H,9H2,1-4H3,(H2,19,20,21,24). The monoisotopic (exact) mass is 340 g/mol. The molecule has 0 unspecified atom stereocenters. The van der Waals surface area contributed by atoms with Gasteiger partial charge >= 0.3 is 0 Å². The van der Waals surface area contributed by atoms with Crippen LogP contribution in [0.1, 0.15) is 17.0 Å². The lowest BCUT2D eigenvalue weighted by molar-refractivity contribution is -0.118. The number of carbonyl (C=O) groups excluding carboxylic acids is 1. The van der Waals surface area contributed by atoms with Crippen LogP contribution in [0, 0.1) is 20.8 Å². The number of aromatic amines is 1. The Morgan fingerprint density at radius 1 is 1.28 bits per heavy atom. The van der Waals surface area contributed by atoms with Crippen molar-refractivity contribution in [2.75, 3.05) is 11.9 Å². The summed E-state index contributed by atoms with van der Waals surface area (Å²) < 4.78 is 7.34. The zero-order valence-electron chi connectivity index (χ0n) is 14.6. The number of amides is 1. The molecule has 0 radical (unpaired) electrons. The van der Waals surface area contributed by atoms with Crippen molar-refractivity contribution in [2.45, 2.75) is 20.8 Å². The van der Waals surface area contributed by atoms with Crippen LogP contribution in [0.3, 0.4) is 0 Å². The van der Waals surface area contributed by atoms with Crippen molar-refractivity contribution in [3.8, 4) is 17.0 Å². The SMILES string of the molecule is Cc1nn(C)c(C)c1OCC(=O)Nc1n[nH]c(-c2ccncc2)c1C. The molecule has 0 aliphatic rings. The van der Waals surface area contributed by atoms with Gasteiger partial charge in [-0.15, -0.1) is 0 Å². The molecular weight excluding hydrogens is 320 g/mol. The number of carbonyl (C=O) groups is 1. The predicted molar refractivity (Wildman–Crippen MR) is 93.4 cm³/mol. The molecule has 0 bridgehead atoms. The molecule has 3 heterocycles. The number of aryl methyl sites for hydroxylation is 2. The Labute approximate surface area is 145 Å². The molecule has 0 fully saturated rings. The van der Waals surface area contributed by atoms with Crippen LogP contribution >= 0.6 is 0 Å². The Morgan fingerprint density at radius 3 is 2.64 bits per heavy atom. The van der Waals surface area contributed by atoms with Crippen LogP contribution in [0.4, 0.5) is 5.82 Å². The van der Waals surface area contributed by atoms with Crippen LogP contribution in [0.5, 0.6) is 5.75 Å². The average Bonchev–Trinajstić information content (AvgIpc) is 3.07. The number of anilines is 1. The van der Waals surface area contributed by atoms with Gasteiger partial charge in [0.1, 0.15) is 5.69 Å². The van der Waals surface area contributed by atoms with Gasteiger partial charge in [0.25, 0.3) is 5.91 Å². The van der Waals surface area contributed by atoms with E-state index in [-0.39, 0.29) is 12.5 Å². The Morgan fingerprint density at radius 2 is 2.00 bits per heavy atom. The maximum atomic E-state index is 12.2. The highest BCUT2D eigenvalue weighted by Crippen LogP contribution is 2.25. The van der Waals surface area contributed by atoms with E-state index in [0.717, 1.165) is 28.2 Å². The summed E-state index contributed by atoms with van der Waals surface area (Å²) in [5.74, 6) is 0.840. The van der Waals surface area contributed by atoms with Gasteiger partial charge in [-0.05, 0) is 32.9 Å². The number of H-pyrrole nitrogens is 1. The molecule has 8 nitrogen and oxygen atoms in total. The minimum absolute atomic E-state index is 0.107. The number of aromatic nitrogens is 5. The molecule has 2 N–H and O–H groups in total. The molecule has 8 heteroatoms. The fraction of sp³-hybridized carbons (Fsp3) is 0.294. The summed E-state index contributed by atoms with van der Waals surface area (Å²) >= 11 is 0. The Kier molecular flexibility index (Phi) is 4.51. The fourth-order valence-corrected chi connectivity index (χ4v) is 2.59. The number of pyridine rings is 1. The molecule has 130 valence electrons. The Bertz CT molecular complexity index is 898. The number of rotatable bonds is 5.